The van der Waals surface area contributed by atoms with E-state index in [0.717, 1.165) is 0 Å². The lowest BCUT2D eigenvalue weighted by atomic mass is 9.94. The number of nitrogens with zero attached hydrogens (tertiary/aromatic N) is 1. The van der Waals surface area contributed by atoms with Crippen molar-refractivity contribution in [1.82, 2.24) is 0 Å². The van der Waals surface area contributed by atoms with E-state index in [-0.39, 0.29) is 28.8 Å². The van der Waals surface area contributed by atoms with Crippen molar-refractivity contribution in [3.63, 3.8) is 0 Å². The highest BCUT2D eigenvalue weighted by atomic mass is 19.1. The van der Waals surface area contributed by atoms with Gasteiger partial charge in [0.1, 0.15) is 11.8 Å². The van der Waals surface area contributed by atoms with Gasteiger partial charge in [-0.15, -0.1) is 0 Å². The van der Waals surface area contributed by atoms with Gasteiger partial charge >= 0.3 is 0 Å². The topological polar surface area (TPSA) is 62.1 Å². The number of rotatable bonds is 4. The summed E-state index contributed by atoms with van der Waals surface area (Å²) in [6.07, 6.45) is 0. The van der Waals surface area contributed by atoms with Gasteiger partial charge in [-0.05, 0) is 18.1 Å². The number of nitrogens with one attached hydrogen (secondary N) is 1. The zero-order chi connectivity index (χ0) is 17.9. The maximum absolute atomic E-state index is 15.1. The summed E-state index contributed by atoms with van der Waals surface area (Å²) < 4.78 is 20.2. The monoisotopic (exact) mass is 326 g/mol. The van der Waals surface area contributed by atoms with Crippen LogP contribution in [0.5, 0.6) is 5.75 Å². The van der Waals surface area contributed by atoms with Crippen LogP contribution in [0.1, 0.15) is 25.0 Å². The van der Waals surface area contributed by atoms with Crippen LogP contribution in [0, 0.1) is 30.0 Å². The van der Waals surface area contributed by atoms with Crippen molar-refractivity contribution in [2.45, 2.75) is 20.8 Å². The maximum atomic E-state index is 15.1. The first-order chi connectivity index (χ1) is 11.4. The number of ether oxygens (including phenoxy) is 1. The molecule has 2 rings (SSSR count). The van der Waals surface area contributed by atoms with Crippen molar-refractivity contribution in [3.8, 4) is 22.9 Å². The smallest absolute Gasteiger partial charge is 0.227 e. The molecule has 2 aromatic carbocycles. The van der Waals surface area contributed by atoms with Crippen LogP contribution in [0.15, 0.2) is 30.3 Å². The van der Waals surface area contributed by atoms with E-state index >= 15 is 4.39 Å². The molecule has 0 spiro atoms. The van der Waals surface area contributed by atoms with E-state index in [1.54, 1.807) is 45.0 Å². The predicted octanol–water partition coefficient (Wildman–Crippen LogP) is 4.28. The predicted molar refractivity (Wildman–Crippen MR) is 91.3 cm³/mol. The summed E-state index contributed by atoms with van der Waals surface area (Å²) >= 11 is 0. The summed E-state index contributed by atoms with van der Waals surface area (Å²) in [6.45, 7) is 5.10. The van der Waals surface area contributed by atoms with Crippen LogP contribution in [-0.4, -0.2) is 13.0 Å². The fraction of sp³-hybridized carbons (Fsp3) is 0.263. The number of carbonyl (C=O) groups is 1. The molecule has 24 heavy (non-hydrogen) atoms. The number of hydrogen-bond donors (Lipinski definition) is 1. The van der Waals surface area contributed by atoms with E-state index in [9.17, 15) is 10.1 Å². The Morgan fingerprint density at radius 2 is 1.92 bits per heavy atom. The third-order valence-electron chi connectivity index (χ3n) is 3.80. The number of nitriles is 1. The van der Waals surface area contributed by atoms with Crippen molar-refractivity contribution >= 4 is 11.6 Å². The number of amides is 1. The largest absolute Gasteiger partial charge is 0.492 e. The Hall–Kier alpha value is -2.87. The lowest BCUT2D eigenvalue weighted by molar-refractivity contribution is -0.118. The molecule has 0 unspecified atom stereocenters. The third-order valence-corrected chi connectivity index (χ3v) is 3.80. The second kappa shape index (κ2) is 7.14. The normalized spacial score (nSPS) is 10.4. The van der Waals surface area contributed by atoms with Crippen molar-refractivity contribution in [3.05, 3.63) is 47.3 Å². The molecule has 0 aliphatic rings. The van der Waals surface area contributed by atoms with E-state index < -0.39 is 5.82 Å². The van der Waals surface area contributed by atoms with Crippen LogP contribution in [-0.2, 0) is 4.79 Å². The zero-order valence-corrected chi connectivity index (χ0v) is 14.1. The maximum Gasteiger partial charge on any atom is 0.227 e. The average molecular weight is 326 g/mol. The van der Waals surface area contributed by atoms with Crippen LogP contribution in [0.3, 0.4) is 0 Å². The highest BCUT2D eigenvalue weighted by Crippen LogP contribution is 2.41. The van der Waals surface area contributed by atoms with Gasteiger partial charge in [-0.3, -0.25) is 4.79 Å². The summed E-state index contributed by atoms with van der Waals surface area (Å²) in [4.78, 5) is 12.0. The number of hydrogen-bond acceptors (Lipinski definition) is 3. The van der Waals surface area contributed by atoms with Gasteiger partial charge in [0.2, 0.25) is 5.91 Å². The minimum Gasteiger partial charge on any atom is -0.492 e. The second-order valence-corrected chi connectivity index (χ2v) is 5.72. The molecule has 2 aromatic rings. The Balaban J connectivity index is 2.76. The van der Waals surface area contributed by atoms with Crippen LogP contribution < -0.4 is 10.1 Å². The molecule has 0 aromatic heterocycles. The van der Waals surface area contributed by atoms with Crippen molar-refractivity contribution in [1.29, 1.82) is 5.26 Å². The van der Waals surface area contributed by atoms with Crippen molar-refractivity contribution in [2.24, 2.45) is 5.92 Å². The Morgan fingerprint density at radius 3 is 2.42 bits per heavy atom. The Kier molecular flexibility index (Phi) is 5.20. The lowest BCUT2D eigenvalue weighted by Gasteiger charge is -2.19. The Bertz CT molecular complexity index is 809. The number of anilines is 1. The highest BCUT2D eigenvalue weighted by Gasteiger charge is 2.25. The van der Waals surface area contributed by atoms with Gasteiger partial charge in [0.15, 0.2) is 11.6 Å². The van der Waals surface area contributed by atoms with Gasteiger partial charge in [0.05, 0.1) is 12.7 Å². The van der Waals surface area contributed by atoms with Gasteiger partial charge in [-0.25, -0.2) is 4.39 Å². The summed E-state index contributed by atoms with van der Waals surface area (Å²) in [5.41, 5.74) is 1.67. The second-order valence-electron chi connectivity index (χ2n) is 5.72. The van der Waals surface area contributed by atoms with Crippen LogP contribution in [0.2, 0.25) is 0 Å². The van der Waals surface area contributed by atoms with E-state index in [1.165, 1.54) is 7.11 Å². The van der Waals surface area contributed by atoms with Crippen LogP contribution in [0.4, 0.5) is 10.1 Å². The molecule has 1 N–H and O–H groups in total. The quantitative estimate of drug-likeness (QED) is 0.912. The molecule has 124 valence electrons. The minimum atomic E-state index is -0.598. The lowest BCUT2D eigenvalue weighted by Crippen LogP contribution is -2.20. The molecule has 0 bridgehead atoms. The summed E-state index contributed by atoms with van der Waals surface area (Å²) in [5.74, 6) is -1.35. The van der Waals surface area contributed by atoms with Crippen LogP contribution in [0.25, 0.3) is 11.1 Å². The molecule has 0 aliphatic carbocycles. The number of carbonyl (C=O) groups excluding carboxylic acids is 1. The first-order valence-corrected chi connectivity index (χ1v) is 7.58. The summed E-state index contributed by atoms with van der Waals surface area (Å²) in [5, 5.41) is 12.2. The zero-order valence-electron chi connectivity index (χ0n) is 14.1. The van der Waals surface area contributed by atoms with Gasteiger partial charge < -0.3 is 10.1 Å². The molecular weight excluding hydrogens is 307 g/mol. The molecule has 0 fully saturated rings. The third kappa shape index (κ3) is 3.09. The molecular formula is C19H19FN2O2. The molecule has 0 aliphatic heterocycles. The fourth-order valence-electron chi connectivity index (χ4n) is 2.48. The van der Waals surface area contributed by atoms with E-state index in [0.29, 0.717) is 16.7 Å². The molecule has 0 atom stereocenters. The number of methoxy groups -OCH3 is 1. The van der Waals surface area contributed by atoms with E-state index in [1.807, 2.05) is 6.07 Å². The SMILES string of the molecule is COc1c(F)c(-c2ccccc2)c(C)c(C#N)c1NC(=O)C(C)C. The fourth-order valence-corrected chi connectivity index (χ4v) is 2.48. The van der Waals surface area contributed by atoms with Gasteiger partial charge in [-0.1, -0.05) is 44.2 Å². The molecule has 4 nitrogen and oxygen atoms in total. The summed E-state index contributed by atoms with van der Waals surface area (Å²) in [6, 6.07) is 11.0. The van der Waals surface area contributed by atoms with E-state index in [2.05, 4.69) is 11.4 Å². The molecule has 0 saturated heterocycles. The van der Waals surface area contributed by atoms with Crippen molar-refractivity contribution in [2.75, 3.05) is 12.4 Å². The van der Waals surface area contributed by atoms with E-state index in [4.69, 9.17) is 4.74 Å². The molecule has 5 heteroatoms. The minimum absolute atomic E-state index is 0.0772. The molecule has 1 amide bonds. The first kappa shape index (κ1) is 17.5. The number of benzene rings is 2. The Labute approximate surface area is 140 Å². The standard InChI is InChI=1S/C19H19FN2O2/c1-11(2)19(23)22-17-14(10-21)12(3)15(16(20)18(17)24-4)13-8-6-5-7-9-13/h5-9,11H,1-4H3,(H,22,23). The Morgan fingerprint density at radius 1 is 1.29 bits per heavy atom. The average Bonchev–Trinajstić information content (AvgIpc) is 2.56. The molecule has 0 radical (unpaired) electrons. The first-order valence-electron chi connectivity index (χ1n) is 7.58. The van der Waals surface area contributed by atoms with Crippen molar-refractivity contribution < 1.29 is 13.9 Å². The summed E-state index contributed by atoms with van der Waals surface area (Å²) in [7, 11) is 1.31. The molecule has 0 saturated carbocycles. The highest BCUT2D eigenvalue weighted by molar-refractivity contribution is 5.96. The van der Waals surface area contributed by atoms with Gasteiger partial charge in [0.25, 0.3) is 0 Å². The molecule has 0 heterocycles. The van der Waals surface area contributed by atoms with Gasteiger partial charge in [-0.2, -0.15) is 5.26 Å². The van der Waals surface area contributed by atoms with Crippen LogP contribution >= 0.6 is 0 Å². The van der Waals surface area contributed by atoms with Gasteiger partial charge in [0, 0.05) is 11.5 Å². The number of halogens is 1.